The van der Waals surface area contributed by atoms with Gasteiger partial charge < -0.3 is 0 Å². The Morgan fingerprint density at radius 2 is 0.704 bits per heavy atom. The molecule has 0 spiro atoms. The molecule has 2 aliphatic carbocycles. The predicted octanol–water partition coefficient (Wildman–Crippen LogP) is 17.6. The molecule has 0 unspecified atom stereocenters. The summed E-state index contributed by atoms with van der Waals surface area (Å²) in [5.74, 6) is 1.64. The van der Waals surface area contributed by atoms with Crippen LogP contribution in [0.4, 0.5) is 0 Å². The Balaban J connectivity index is 0.000000191. The summed E-state index contributed by atoms with van der Waals surface area (Å²) in [5, 5.41) is 9.25. The Hall–Kier alpha value is -3.74. The maximum atomic E-state index is 2.56. The molecule has 71 heavy (non-hydrogen) atoms. The van der Waals surface area contributed by atoms with Crippen molar-refractivity contribution in [3.05, 3.63) is 205 Å². The van der Waals surface area contributed by atoms with Gasteiger partial charge in [0.2, 0.25) is 0 Å². The minimum atomic E-state index is -0.366. The highest BCUT2D eigenvalue weighted by molar-refractivity contribution is 7.76. The maximum Gasteiger partial charge on any atom is -0.0101 e. The molecule has 0 N–H and O–H groups in total. The summed E-state index contributed by atoms with van der Waals surface area (Å²) in [6, 6.07) is 70.9. The van der Waals surface area contributed by atoms with Gasteiger partial charge in [0, 0.05) is 0 Å². The molecule has 0 heterocycles. The molecule has 0 saturated heterocycles. The normalized spacial score (nSPS) is 14.8. The summed E-state index contributed by atoms with van der Waals surface area (Å²) >= 11 is 0. The quantitative estimate of drug-likeness (QED) is 0.0752. The molecule has 2 saturated carbocycles. The van der Waals surface area contributed by atoms with E-state index in [4.69, 9.17) is 0 Å². The molecule has 2 fully saturated rings. The Bertz CT molecular complexity index is 2390. The Morgan fingerprint density at radius 1 is 0.366 bits per heavy atom. The minimum absolute atomic E-state index is 0.120. The van der Waals surface area contributed by atoms with Gasteiger partial charge in [-0.2, -0.15) is 0 Å². The molecule has 0 atom stereocenters. The molecule has 0 aromatic heterocycles. The second-order valence-corrected chi connectivity index (χ2v) is 30.9. The average molecular weight is 1010 g/mol. The van der Waals surface area contributed by atoms with Crippen LogP contribution in [0.3, 0.4) is 0 Å². The van der Waals surface area contributed by atoms with Gasteiger partial charge >= 0.3 is 0 Å². The van der Waals surface area contributed by atoms with E-state index in [1.165, 1.54) is 116 Å². The summed E-state index contributed by atoms with van der Waals surface area (Å²) in [6.45, 7) is 14.3. The van der Waals surface area contributed by atoms with Gasteiger partial charge in [-0.3, -0.25) is 0 Å². The zero-order valence-electron chi connectivity index (χ0n) is 44.0. The largest absolute Gasteiger partial charge is 0.0746 e. The lowest BCUT2D eigenvalue weighted by Gasteiger charge is -2.40. The molecule has 2 aliphatic rings. The second-order valence-electron chi connectivity index (χ2n) is 21.0. The van der Waals surface area contributed by atoms with Crippen LogP contribution in [0.1, 0.15) is 140 Å². The fourth-order valence-electron chi connectivity index (χ4n) is 11.3. The number of rotatable bonds is 18. The Labute approximate surface area is 436 Å². The van der Waals surface area contributed by atoms with Crippen LogP contribution in [0, 0.1) is 0 Å². The van der Waals surface area contributed by atoms with Crippen LogP contribution in [0.2, 0.25) is 0 Å². The van der Waals surface area contributed by atoms with Crippen LogP contribution >= 0.6 is 31.7 Å². The lowest BCUT2D eigenvalue weighted by molar-refractivity contribution is 0.487. The van der Waals surface area contributed by atoms with Gasteiger partial charge in [-0.25, -0.2) is 0 Å². The third kappa shape index (κ3) is 14.5. The molecule has 9 rings (SSSR count). The van der Waals surface area contributed by atoms with Crippen LogP contribution < -0.4 is 31.8 Å². The summed E-state index contributed by atoms with van der Waals surface area (Å²) in [5.41, 5.74) is 9.71. The zero-order valence-corrected chi connectivity index (χ0v) is 47.6. The van der Waals surface area contributed by atoms with E-state index < -0.39 is 0 Å². The van der Waals surface area contributed by atoms with Crippen molar-refractivity contribution < 1.29 is 0 Å². The fourth-order valence-corrected chi connectivity index (χ4v) is 23.9. The summed E-state index contributed by atoms with van der Waals surface area (Å²) in [6.07, 6.45) is 19.6. The second kappa shape index (κ2) is 27.5. The smallest absolute Gasteiger partial charge is 0.0101 e. The van der Waals surface area contributed by atoms with Gasteiger partial charge in [0.25, 0.3) is 0 Å². The van der Waals surface area contributed by atoms with E-state index in [1.54, 1.807) is 32.9 Å². The van der Waals surface area contributed by atoms with E-state index in [-0.39, 0.29) is 31.7 Å². The Kier molecular flexibility index (Phi) is 20.8. The van der Waals surface area contributed by atoms with E-state index in [2.05, 4.69) is 230 Å². The highest BCUT2D eigenvalue weighted by Gasteiger charge is 2.34. The number of benzene rings is 7. The lowest BCUT2D eigenvalue weighted by atomic mass is 9.82. The first-order valence-corrected chi connectivity index (χ1v) is 33.6. The zero-order chi connectivity index (χ0) is 49.4. The number of hydrogen-bond acceptors (Lipinski definition) is 0. The van der Waals surface area contributed by atoms with Crippen LogP contribution in [-0.4, -0.2) is 36.0 Å². The summed E-state index contributed by atoms with van der Waals surface area (Å²) in [4.78, 5) is 0. The average Bonchev–Trinajstić information content (AvgIpc) is 3.42. The Morgan fingerprint density at radius 3 is 1.06 bits per heavy atom. The first-order valence-electron chi connectivity index (χ1n) is 27.4. The van der Waals surface area contributed by atoms with Crippen molar-refractivity contribution in [1.82, 2.24) is 0 Å². The van der Waals surface area contributed by atoms with Gasteiger partial charge in [-0.15, -0.1) is 0 Å². The highest BCUT2D eigenvalue weighted by Crippen LogP contribution is 2.57. The van der Waals surface area contributed by atoms with E-state index in [0.717, 1.165) is 11.3 Å². The van der Waals surface area contributed by atoms with Crippen molar-refractivity contribution >= 4 is 63.5 Å². The summed E-state index contributed by atoms with van der Waals surface area (Å²) < 4.78 is 0. The van der Waals surface area contributed by atoms with Crippen LogP contribution in [0.15, 0.2) is 188 Å². The van der Waals surface area contributed by atoms with Crippen molar-refractivity contribution in [3.8, 4) is 11.1 Å². The molecule has 7 aromatic carbocycles. The first kappa shape index (κ1) is 53.5. The molecule has 0 amide bonds. The van der Waals surface area contributed by atoms with Gasteiger partial charge in [0.05, 0.1) is 0 Å². The van der Waals surface area contributed by atoms with Crippen molar-refractivity contribution in [3.63, 3.8) is 0 Å². The molecule has 4 heteroatoms. The summed E-state index contributed by atoms with van der Waals surface area (Å²) in [7, 11) is -1.10. The molecular weight excluding hydrogens is 929 g/mol. The third-order valence-electron chi connectivity index (χ3n) is 15.1. The van der Waals surface area contributed by atoms with E-state index in [9.17, 15) is 0 Å². The van der Waals surface area contributed by atoms with Crippen LogP contribution in [0.5, 0.6) is 0 Å². The van der Waals surface area contributed by atoms with Crippen LogP contribution in [0.25, 0.3) is 11.1 Å². The molecule has 0 radical (unpaired) electrons. The van der Waals surface area contributed by atoms with Gasteiger partial charge in [-0.05, 0) is 155 Å². The SMILES string of the molecule is CC(C)c1cc(C(C)C)c(-c2ccccc2P(C2CCCCC2)C2CCCCC2)c(C(C)C)c1.c1ccc(P(CCP(c2ccccc2)c2ccccc2)CCP(c2ccccc2)c2ccccc2)cc1. The molecule has 0 nitrogen and oxygen atoms in total. The van der Waals surface area contributed by atoms with E-state index in [0.29, 0.717) is 17.8 Å². The van der Waals surface area contributed by atoms with Crippen LogP contribution in [-0.2, 0) is 0 Å². The lowest BCUT2D eigenvalue weighted by Crippen LogP contribution is -2.27. The van der Waals surface area contributed by atoms with Gasteiger partial charge in [0.15, 0.2) is 0 Å². The standard InChI is InChI=1S/C34H33P3.C33H49P/c1-6-16-30(17-7-1)35(26-28-36(31-18-8-2-9-19-31)32-20-10-3-11-21-32)27-29-37(33-22-12-4-13-23-33)34-24-14-5-15-25-34;1-23(2)26-21-30(24(3)4)33(31(22-26)25(5)6)29-19-13-14-20-32(29)34(27-15-9-7-10-16-27)28-17-11-8-12-18-28/h1-25H,26-29H2;13-14,19-25,27-28H,7-12,15-18H2,1-6H3. The molecular formula is C67H82P4. The van der Waals surface area contributed by atoms with E-state index >= 15 is 0 Å². The van der Waals surface area contributed by atoms with Crippen molar-refractivity contribution in [2.45, 2.75) is 135 Å². The topological polar surface area (TPSA) is 0 Å². The predicted molar refractivity (Wildman–Crippen MR) is 325 cm³/mol. The van der Waals surface area contributed by atoms with Crippen molar-refractivity contribution in [2.75, 3.05) is 24.6 Å². The highest BCUT2D eigenvalue weighted by atomic mass is 31.1. The first-order chi connectivity index (χ1) is 34.8. The van der Waals surface area contributed by atoms with Gasteiger partial charge in [-0.1, -0.05) is 284 Å². The fraction of sp³-hybridized carbons (Fsp3) is 0.373. The number of hydrogen-bond donors (Lipinski definition) is 0. The van der Waals surface area contributed by atoms with Gasteiger partial charge in [0.1, 0.15) is 0 Å². The van der Waals surface area contributed by atoms with E-state index in [1.807, 2.05) is 0 Å². The maximum absolute atomic E-state index is 2.56. The molecule has 0 bridgehead atoms. The van der Waals surface area contributed by atoms with Crippen molar-refractivity contribution in [2.24, 2.45) is 0 Å². The molecule has 370 valence electrons. The third-order valence-corrected chi connectivity index (χ3v) is 26.9. The molecule has 0 aliphatic heterocycles. The molecule has 7 aromatic rings. The minimum Gasteiger partial charge on any atom is -0.0746 e. The van der Waals surface area contributed by atoms with Crippen molar-refractivity contribution in [1.29, 1.82) is 0 Å². The monoisotopic (exact) mass is 1010 g/mol.